The van der Waals surface area contributed by atoms with Crippen molar-refractivity contribution in [3.8, 4) is 0 Å². The minimum Gasteiger partial charge on any atom is -0.481 e. The number of nitrogens with one attached hydrogen (secondary N) is 1. The number of carboxylic acids is 1. The fraction of sp³-hybridized carbons (Fsp3) is 0.500. The van der Waals surface area contributed by atoms with Crippen molar-refractivity contribution in [3.05, 3.63) is 17.0 Å². The van der Waals surface area contributed by atoms with E-state index in [-0.39, 0.29) is 10.8 Å². The SMILES string of the molecule is Cc1ccc(S(=O)(=O)NCC(C)(C)C(=O)O)s1. The van der Waals surface area contributed by atoms with E-state index in [1.165, 1.54) is 19.9 Å². The van der Waals surface area contributed by atoms with Crippen molar-refractivity contribution < 1.29 is 18.3 Å². The minimum atomic E-state index is -3.60. The maximum absolute atomic E-state index is 11.8. The predicted octanol–water partition coefficient (Wildman–Crippen LogP) is 1.45. The molecule has 1 heterocycles. The minimum absolute atomic E-state index is 0.137. The summed E-state index contributed by atoms with van der Waals surface area (Å²) in [5.41, 5.74) is -1.13. The van der Waals surface area contributed by atoms with E-state index in [2.05, 4.69) is 4.72 Å². The lowest BCUT2D eigenvalue weighted by molar-refractivity contribution is -0.146. The molecular weight excluding hydrogens is 262 g/mol. The molecule has 0 bridgehead atoms. The van der Waals surface area contributed by atoms with E-state index in [1.807, 2.05) is 6.92 Å². The third-order valence-corrected chi connectivity index (χ3v) is 5.16. The topological polar surface area (TPSA) is 83.5 Å². The molecule has 0 radical (unpaired) electrons. The lowest BCUT2D eigenvalue weighted by Gasteiger charge is -2.18. The molecule has 0 aliphatic carbocycles. The summed E-state index contributed by atoms with van der Waals surface area (Å²) in [5.74, 6) is -1.04. The highest BCUT2D eigenvalue weighted by Gasteiger charge is 2.29. The van der Waals surface area contributed by atoms with Crippen molar-refractivity contribution in [3.63, 3.8) is 0 Å². The van der Waals surface area contributed by atoms with E-state index in [9.17, 15) is 13.2 Å². The highest BCUT2D eigenvalue weighted by atomic mass is 32.2. The molecule has 0 saturated carbocycles. The van der Waals surface area contributed by atoms with E-state index in [0.29, 0.717) is 0 Å². The highest BCUT2D eigenvalue weighted by Crippen LogP contribution is 2.21. The van der Waals surface area contributed by atoms with Gasteiger partial charge in [0.25, 0.3) is 0 Å². The van der Waals surface area contributed by atoms with Crippen molar-refractivity contribution in [2.75, 3.05) is 6.54 Å². The number of carbonyl (C=O) groups is 1. The average Bonchev–Trinajstić information content (AvgIpc) is 2.63. The third-order valence-electron chi connectivity index (χ3n) is 2.26. The molecular formula is C10H15NO4S2. The summed E-state index contributed by atoms with van der Waals surface area (Å²) in [5, 5.41) is 8.88. The van der Waals surface area contributed by atoms with E-state index in [0.717, 1.165) is 16.2 Å². The molecule has 1 aromatic rings. The first-order valence-corrected chi connectivity index (χ1v) is 7.25. The van der Waals surface area contributed by atoms with Gasteiger partial charge in [0.1, 0.15) is 4.21 Å². The molecule has 0 unspecified atom stereocenters. The smallest absolute Gasteiger partial charge is 0.310 e. The van der Waals surface area contributed by atoms with Gasteiger partial charge in [-0.2, -0.15) is 0 Å². The summed E-state index contributed by atoms with van der Waals surface area (Å²) >= 11 is 1.16. The number of aryl methyl sites for hydroxylation is 1. The zero-order chi connectivity index (χ0) is 13.3. The first-order valence-electron chi connectivity index (χ1n) is 4.95. The van der Waals surface area contributed by atoms with Crippen LogP contribution in [0.2, 0.25) is 0 Å². The second-order valence-electron chi connectivity index (χ2n) is 4.38. The summed E-state index contributed by atoms with van der Waals surface area (Å²) in [6, 6.07) is 3.22. The van der Waals surface area contributed by atoms with Crippen LogP contribution >= 0.6 is 11.3 Å². The van der Waals surface area contributed by atoms with Crippen LogP contribution < -0.4 is 4.72 Å². The standard InChI is InChI=1S/C10H15NO4S2/c1-7-4-5-8(16-7)17(14,15)11-6-10(2,3)9(12)13/h4-5,11H,6H2,1-3H3,(H,12,13). The Morgan fingerprint density at radius 1 is 1.47 bits per heavy atom. The van der Waals surface area contributed by atoms with E-state index in [1.54, 1.807) is 6.07 Å². The Morgan fingerprint density at radius 3 is 2.47 bits per heavy atom. The van der Waals surface area contributed by atoms with Crippen LogP contribution in [0.25, 0.3) is 0 Å². The van der Waals surface area contributed by atoms with Crippen molar-refractivity contribution >= 4 is 27.3 Å². The second-order valence-corrected chi connectivity index (χ2v) is 7.66. The predicted molar refractivity (Wildman–Crippen MR) is 65.7 cm³/mol. The number of hydrogen-bond acceptors (Lipinski definition) is 4. The van der Waals surface area contributed by atoms with E-state index < -0.39 is 21.4 Å². The van der Waals surface area contributed by atoms with Crippen LogP contribution in [0.4, 0.5) is 0 Å². The van der Waals surface area contributed by atoms with Crippen LogP contribution in [-0.4, -0.2) is 26.0 Å². The fourth-order valence-corrected chi connectivity index (χ4v) is 3.52. The van der Waals surface area contributed by atoms with Gasteiger partial charge in [0.05, 0.1) is 5.41 Å². The molecule has 0 saturated heterocycles. The maximum atomic E-state index is 11.8. The lowest BCUT2D eigenvalue weighted by Crippen LogP contribution is -2.38. The molecule has 0 atom stereocenters. The summed E-state index contributed by atoms with van der Waals surface area (Å²) in [7, 11) is -3.60. The van der Waals surface area contributed by atoms with Crippen LogP contribution in [0, 0.1) is 12.3 Å². The quantitative estimate of drug-likeness (QED) is 0.853. The van der Waals surface area contributed by atoms with Gasteiger partial charge in [-0.3, -0.25) is 4.79 Å². The zero-order valence-corrected chi connectivity index (χ0v) is 11.5. The van der Waals surface area contributed by atoms with Crippen LogP contribution in [0.15, 0.2) is 16.3 Å². The Bertz CT molecular complexity index is 516. The highest BCUT2D eigenvalue weighted by molar-refractivity contribution is 7.91. The van der Waals surface area contributed by atoms with Crippen molar-refractivity contribution in [2.24, 2.45) is 5.41 Å². The second kappa shape index (κ2) is 4.75. The van der Waals surface area contributed by atoms with Gasteiger partial charge in [0, 0.05) is 11.4 Å². The molecule has 0 aliphatic heterocycles. The van der Waals surface area contributed by atoms with Gasteiger partial charge < -0.3 is 5.11 Å². The molecule has 0 aliphatic rings. The third kappa shape index (κ3) is 3.52. The van der Waals surface area contributed by atoms with Gasteiger partial charge in [0.15, 0.2) is 0 Å². The van der Waals surface area contributed by atoms with Crippen LogP contribution in [0.1, 0.15) is 18.7 Å². The number of carboxylic acid groups (broad SMARTS) is 1. The number of sulfonamides is 1. The van der Waals surface area contributed by atoms with E-state index in [4.69, 9.17) is 5.11 Å². The molecule has 17 heavy (non-hydrogen) atoms. The summed E-state index contributed by atoms with van der Waals surface area (Å²) < 4.78 is 26.2. The molecule has 1 aromatic heterocycles. The first-order chi connectivity index (χ1) is 7.65. The van der Waals surface area contributed by atoms with Crippen LogP contribution in [0.3, 0.4) is 0 Å². The number of hydrogen-bond donors (Lipinski definition) is 2. The van der Waals surface area contributed by atoms with Crippen molar-refractivity contribution in [2.45, 2.75) is 25.0 Å². The number of thiophene rings is 1. The Hall–Kier alpha value is -0.920. The fourth-order valence-electron chi connectivity index (χ4n) is 0.979. The largest absolute Gasteiger partial charge is 0.481 e. The molecule has 1 rings (SSSR count). The van der Waals surface area contributed by atoms with Gasteiger partial charge in [-0.25, -0.2) is 13.1 Å². The summed E-state index contributed by atoms with van der Waals surface area (Å²) in [4.78, 5) is 11.7. The maximum Gasteiger partial charge on any atom is 0.310 e. The molecule has 7 heteroatoms. The summed E-state index contributed by atoms with van der Waals surface area (Å²) in [6.07, 6.45) is 0. The summed E-state index contributed by atoms with van der Waals surface area (Å²) in [6.45, 7) is 4.61. The molecule has 0 fully saturated rings. The van der Waals surface area contributed by atoms with Gasteiger partial charge in [-0.05, 0) is 32.9 Å². The van der Waals surface area contributed by atoms with Gasteiger partial charge in [-0.15, -0.1) is 11.3 Å². The molecule has 0 amide bonds. The molecule has 96 valence electrons. The average molecular weight is 277 g/mol. The van der Waals surface area contributed by atoms with Crippen LogP contribution in [0.5, 0.6) is 0 Å². The van der Waals surface area contributed by atoms with Crippen molar-refractivity contribution in [1.29, 1.82) is 0 Å². The Morgan fingerprint density at radius 2 is 2.06 bits per heavy atom. The monoisotopic (exact) mass is 277 g/mol. The van der Waals surface area contributed by atoms with E-state index >= 15 is 0 Å². The van der Waals surface area contributed by atoms with Gasteiger partial charge >= 0.3 is 5.97 Å². The number of rotatable bonds is 5. The molecule has 0 aromatic carbocycles. The Kier molecular flexibility index (Phi) is 3.95. The zero-order valence-electron chi connectivity index (χ0n) is 9.85. The molecule has 2 N–H and O–H groups in total. The first kappa shape index (κ1) is 14.1. The Balaban J connectivity index is 2.79. The van der Waals surface area contributed by atoms with Gasteiger partial charge in [0.2, 0.25) is 10.0 Å². The Labute approximate surface area is 105 Å². The molecule has 0 spiro atoms. The van der Waals surface area contributed by atoms with Crippen molar-refractivity contribution in [1.82, 2.24) is 4.72 Å². The number of aliphatic carboxylic acids is 1. The molecule has 5 nitrogen and oxygen atoms in total. The lowest BCUT2D eigenvalue weighted by atomic mass is 9.95. The van der Waals surface area contributed by atoms with Gasteiger partial charge in [-0.1, -0.05) is 0 Å². The van der Waals surface area contributed by atoms with Crippen LogP contribution in [-0.2, 0) is 14.8 Å². The normalized spacial score (nSPS) is 12.6.